The molecular weight excluding hydrogens is 300 g/mol. The van der Waals surface area contributed by atoms with E-state index < -0.39 is 6.55 Å². The summed E-state index contributed by atoms with van der Waals surface area (Å²) in [7, 11) is 1.89. The molecule has 0 radical (unpaired) electrons. The van der Waals surface area contributed by atoms with E-state index in [0.717, 1.165) is 28.4 Å². The number of aromatic nitrogens is 2. The Labute approximate surface area is 134 Å². The van der Waals surface area contributed by atoms with E-state index in [1.165, 1.54) is 25.2 Å². The monoisotopic (exact) mass is 321 g/mol. The minimum atomic E-state index is -2.55. The molecule has 3 rings (SSSR count). The van der Waals surface area contributed by atoms with Crippen LogP contribution in [0.3, 0.4) is 0 Å². The van der Waals surface area contributed by atoms with E-state index in [0.29, 0.717) is 18.9 Å². The second kappa shape index (κ2) is 7.08. The summed E-state index contributed by atoms with van der Waals surface area (Å²) in [6.07, 6.45) is 5.26. The quantitative estimate of drug-likeness (QED) is 0.743. The molecule has 0 aliphatic heterocycles. The Morgan fingerprint density at radius 3 is 2.65 bits per heavy atom. The van der Waals surface area contributed by atoms with Crippen molar-refractivity contribution in [2.45, 2.75) is 32.5 Å². The summed E-state index contributed by atoms with van der Waals surface area (Å²) in [6, 6.07) is 7.95. The van der Waals surface area contributed by atoms with Gasteiger partial charge in [0, 0.05) is 18.9 Å². The summed E-state index contributed by atoms with van der Waals surface area (Å²) in [5.74, 6) is 1.99. The molecule has 0 atom stereocenters. The summed E-state index contributed by atoms with van der Waals surface area (Å²) >= 11 is 0. The maximum atomic E-state index is 12.8. The van der Waals surface area contributed by atoms with Crippen LogP contribution < -0.4 is 4.74 Å². The molecule has 1 fully saturated rings. The van der Waals surface area contributed by atoms with Gasteiger partial charge < -0.3 is 4.74 Å². The Bertz CT molecular complexity index is 623. The molecule has 1 aliphatic rings. The highest BCUT2D eigenvalue weighted by molar-refractivity contribution is 5.27. The molecule has 124 valence electrons. The van der Waals surface area contributed by atoms with Gasteiger partial charge in [-0.3, -0.25) is 9.47 Å². The largest absolute Gasteiger partial charge is 0.493 e. The minimum absolute atomic E-state index is 0.367. The fraction of sp³-hybridized carbons (Fsp3) is 0.471. The Morgan fingerprint density at radius 1 is 1.26 bits per heavy atom. The Kier molecular flexibility index (Phi) is 4.91. The van der Waals surface area contributed by atoms with Crippen LogP contribution in [0.5, 0.6) is 5.75 Å². The van der Waals surface area contributed by atoms with Crippen LogP contribution in [0, 0.1) is 5.92 Å². The molecule has 1 aliphatic carbocycles. The Balaban J connectivity index is 1.52. The molecule has 0 amide bonds. The van der Waals surface area contributed by atoms with E-state index in [1.807, 2.05) is 36.2 Å². The van der Waals surface area contributed by atoms with Crippen molar-refractivity contribution in [3.05, 3.63) is 48.0 Å². The van der Waals surface area contributed by atoms with E-state index in [-0.39, 0.29) is 0 Å². The van der Waals surface area contributed by atoms with Gasteiger partial charge in [0.05, 0.1) is 13.2 Å². The average Bonchev–Trinajstić information content (AvgIpc) is 3.24. The lowest BCUT2D eigenvalue weighted by Gasteiger charge is -2.17. The van der Waals surface area contributed by atoms with Crippen molar-refractivity contribution in [2.75, 3.05) is 13.7 Å². The topological polar surface area (TPSA) is 30.3 Å². The maximum absolute atomic E-state index is 12.8. The van der Waals surface area contributed by atoms with Gasteiger partial charge in [0.2, 0.25) is 0 Å². The Morgan fingerprint density at radius 2 is 2.00 bits per heavy atom. The van der Waals surface area contributed by atoms with Gasteiger partial charge in [-0.25, -0.2) is 4.98 Å². The van der Waals surface area contributed by atoms with E-state index in [9.17, 15) is 8.78 Å². The van der Waals surface area contributed by atoms with Crippen molar-refractivity contribution in [1.29, 1.82) is 0 Å². The van der Waals surface area contributed by atoms with Crippen molar-refractivity contribution in [1.82, 2.24) is 14.5 Å². The van der Waals surface area contributed by atoms with Crippen LogP contribution in [0.25, 0.3) is 0 Å². The third kappa shape index (κ3) is 4.51. The summed E-state index contributed by atoms with van der Waals surface area (Å²) in [6.45, 7) is -0.713. The molecule has 0 bridgehead atoms. The highest BCUT2D eigenvalue weighted by Crippen LogP contribution is 2.29. The molecule has 1 aromatic carbocycles. The van der Waals surface area contributed by atoms with Crippen LogP contribution in [-0.4, -0.2) is 28.1 Å². The molecular formula is C17H21F2N3O. The maximum Gasteiger partial charge on any atom is 0.319 e. The lowest BCUT2D eigenvalue weighted by atomic mass is 10.2. The molecule has 4 nitrogen and oxygen atoms in total. The number of benzene rings is 1. The van der Waals surface area contributed by atoms with Crippen LogP contribution in [0.1, 0.15) is 30.8 Å². The first-order valence-corrected chi connectivity index (χ1v) is 7.82. The summed E-state index contributed by atoms with van der Waals surface area (Å²) in [5.41, 5.74) is 1.11. The summed E-state index contributed by atoms with van der Waals surface area (Å²) in [5, 5.41) is 0. The van der Waals surface area contributed by atoms with Crippen LogP contribution in [0.2, 0.25) is 0 Å². The second-order valence-electron chi connectivity index (χ2n) is 6.10. The fourth-order valence-electron chi connectivity index (χ4n) is 2.44. The van der Waals surface area contributed by atoms with Crippen LogP contribution in [-0.2, 0) is 13.1 Å². The number of imidazole rings is 1. The molecule has 1 heterocycles. The average molecular weight is 321 g/mol. The second-order valence-corrected chi connectivity index (χ2v) is 6.10. The first kappa shape index (κ1) is 15.9. The van der Waals surface area contributed by atoms with E-state index >= 15 is 0 Å². The third-order valence-corrected chi connectivity index (χ3v) is 3.93. The standard InChI is InChI=1S/C17H21F2N3O/c1-21(11-16-20-8-9-22(16)17(18)19)10-13-4-6-15(7-5-13)23-12-14-2-3-14/h4-9,14,17H,2-3,10-12H2,1H3. The number of ether oxygens (including phenoxy) is 1. The van der Waals surface area contributed by atoms with Gasteiger partial charge >= 0.3 is 6.55 Å². The number of rotatable bonds is 8. The predicted octanol–water partition coefficient (Wildman–Crippen LogP) is 3.70. The van der Waals surface area contributed by atoms with Gasteiger partial charge in [-0.2, -0.15) is 8.78 Å². The van der Waals surface area contributed by atoms with Crippen LogP contribution in [0.15, 0.2) is 36.7 Å². The van der Waals surface area contributed by atoms with Gasteiger partial charge in [0.1, 0.15) is 11.6 Å². The molecule has 1 saturated carbocycles. The molecule has 2 aromatic rings. The van der Waals surface area contributed by atoms with Crippen molar-refractivity contribution < 1.29 is 13.5 Å². The first-order valence-electron chi connectivity index (χ1n) is 7.82. The normalized spacial score (nSPS) is 14.7. The zero-order valence-corrected chi connectivity index (χ0v) is 13.2. The molecule has 6 heteroatoms. The van der Waals surface area contributed by atoms with E-state index in [2.05, 4.69) is 4.98 Å². The molecule has 0 unspecified atom stereocenters. The predicted molar refractivity (Wildman–Crippen MR) is 83.3 cm³/mol. The molecule has 23 heavy (non-hydrogen) atoms. The number of hydrogen-bond acceptors (Lipinski definition) is 3. The van der Waals surface area contributed by atoms with Crippen LogP contribution in [0.4, 0.5) is 8.78 Å². The minimum Gasteiger partial charge on any atom is -0.493 e. The van der Waals surface area contributed by atoms with Crippen LogP contribution >= 0.6 is 0 Å². The number of alkyl halides is 2. The number of hydrogen-bond donors (Lipinski definition) is 0. The highest BCUT2D eigenvalue weighted by atomic mass is 19.3. The molecule has 1 aromatic heterocycles. The molecule has 0 saturated heterocycles. The van der Waals surface area contributed by atoms with E-state index in [4.69, 9.17) is 4.74 Å². The Hall–Kier alpha value is -1.95. The molecule has 0 spiro atoms. The van der Waals surface area contributed by atoms with Gasteiger partial charge in [-0.05, 0) is 43.5 Å². The zero-order valence-electron chi connectivity index (χ0n) is 13.2. The van der Waals surface area contributed by atoms with Gasteiger partial charge in [-0.15, -0.1) is 0 Å². The highest BCUT2D eigenvalue weighted by Gasteiger charge is 2.21. The van der Waals surface area contributed by atoms with Gasteiger partial charge in [-0.1, -0.05) is 12.1 Å². The van der Waals surface area contributed by atoms with Crippen molar-refractivity contribution in [3.63, 3.8) is 0 Å². The smallest absolute Gasteiger partial charge is 0.319 e. The lowest BCUT2D eigenvalue weighted by Crippen LogP contribution is -2.20. The number of nitrogens with zero attached hydrogens (tertiary/aromatic N) is 3. The fourth-order valence-corrected chi connectivity index (χ4v) is 2.44. The molecule has 0 N–H and O–H groups in total. The van der Waals surface area contributed by atoms with Gasteiger partial charge in [0.25, 0.3) is 0 Å². The number of halogens is 2. The van der Waals surface area contributed by atoms with Crippen molar-refractivity contribution in [2.24, 2.45) is 5.92 Å². The third-order valence-electron chi connectivity index (χ3n) is 3.93. The SMILES string of the molecule is CN(Cc1ccc(OCC2CC2)cc1)Cc1nccn1C(F)F. The van der Waals surface area contributed by atoms with Crippen molar-refractivity contribution >= 4 is 0 Å². The zero-order chi connectivity index (χ0) is 16.2. The van der Waals surface area contributed by atoms with Gasteiger partial charge in [0.15, 0.2) is 0 Å². The van der Waals surface area contributed by atoms with E-state index in [1.54, 1.807) is 0 Å². The van der Waals surface area contributed by atoms with Crippen molar-refractivity contribution in [3.8, 4) is 5.75 Å². The lowest BCUT2D eigenvalue weighted by molar-refractivity contribution is 0.0644. The first-order chi connectivity index (χ1) is 11.1. The summed E-state index contributed by atoms with van der Waals surface area (Å²) < 4.78 is 32.2. The summed E-state index contributed by atoms with van der Waals surface area (Å²) in [4.78, 5) is 5.96.